The van der Waals surface area contributed by atoms with Crippen molar-refractivity contribution in [1.29, 1.82) is 0 Å². The van der Waals surface area contributed by atoms with Crippen molar-refractivity contribution in [2.24, 2.45) is 5.92 Å². The summed E-state index contributed by atoms with van der Waals surface area (Å²) in [5.41, 5.74) is 0.727. The summed E-state index contributed by atoms with van der Waals surface area (Å²) in [5, 5.41) is 6.37. The number of hydrogen-bond donors (Lipinski definition) is 2. The quantitative estimate of drug-likeness (QED) is 0.697. The van der Waals surface area contributed by atoms with Gasteiger partial charge in [-0.25, -0.2) is 0 Å². The van der Waals surface area contributed by atoms with Gasteiger partial charge in [0.25, 0.3) is 0 Å². The molecular formula is C17H22F2N2O4. The topological polar surface area (TPSA) is 68.8 Å². The lowest BCUT2D eigenvalue weighted by Crippen LogP contribution is -2.31. The first-order valence-corrected chi connectivity index (χ1v) is 8.34. The zero-order chi connectivity index (χ0) is 17.8. The summed E-state index contributed by atoms with van der Waals surface area (Å²) >= 11 is 0. The first kappa shape index (κ1) is 17.7. The smallest absolute Gasteiger partial charge is 0.387 e. The number of nitrogens with one attached hydrogen (secondary N) is 2. The number of alkyl halides is 2. The SMILES string of the molecule is COC(=O)C1CC(Nc2ccc(OC(F)F)c(OCC3CC3)c2)CN1. The molecule has 2 atom stereocenters. The molecule has 0 bridgehead atoms. The fraction of sp³-hybridized carbons (Fsp3) is 0.588. The Morgan fingerprint density at radius 1 is 1.36 bits per heavy atom. The minimum atomic E-state index is -2.90. The Kier molecular flexibility index (Phi) is 5.57. The highest BCUT2D eigenvalue weighted by atomic mass is 19.3. The maximum absolute atomic E-state index is 12.5. The molecule has 0 amide bonds. The predicted octanol–water partition coefficient (Wildman–Crippen LogP) is 2.39. The molecule has 2 unspecified atom stereocenters. The second-order valence-electron chi connectivity index (χ2n) is 6.36. The molecule has 2 N–H and O–H groups in total. The molecule has 6 nitrogen and oxygen atoms in total. The Hall–Kier alpha value is -2.09. The zero-order valence-electron chi connectivity index (χ0n) is 14.0. The van der Waals surface area contributed by atoms with Crippen molar-refractivity contribution in [3.63, 3.8) is 0 Å². The van der Waals surface area contributed by atoms with Crippen molar-refractivity contribution in [2.45, 2.75) is 38.0 Å². The molecule has 1 aliphatic carbocycles. The first-order chi connectivity index (χ1) is 12.0. The van der Waals surface area contributed by atoms with Gasteiger partial charge in [-0.05, 0) is 37.3 Å². The average Bonchev–Trinajstić information content (AvgIpc) is 3.31. The van der Waals surface area contributed by atoms with Crippen LogP contribution in [0.15, 0.2) is 18.2 Å². The molecule has 138 valence electrons. The van der Waals surface area contributed by atoms with Crippen LogP contribution in [-0.4, -0.2) is 44.9 Å². The molecule has 3 rings (SSSR count). The van der Waals surface area contributed by atoms with Crippen molar-refractivity contribution in [3.8, 4) is 11.5 Å². The number of hydrogen-bond acceptors (Lipinski definition) is 6. The molecule has 0 radical (unpaired) electrons. The largest absolute Gasteiger partial charge is 0.489 e. The van der Waals surface area contributed by atoms with Crippen LogP contribution in [0.5, 0.6) is 11.5 Å². The van der Waals surface area contributed by atoms with Crippen molar-refractivity contribution >= 4 is 11.7 Å². The Morgan fingerprint density at radius 2 is 2.16 bits per heavy atom. The van der Waals surface area contributed by atoms with Gasteiger partial charge in [-0.2, -0.15) is 8.78 Å². The second kappa shape index (κ2) is 7.86. The van der Waals surface area contributed by atoms with E-state index in [1.165, 1.54) is 13.2 Å². The summed E-state index contributed by atoms with van der Waals surface area (Å²) < 4.78 is 40.0. The third-order valence-corrected chi connectivity index (χ3v) is 4.32. The van der Waals surface area contributed by atoms with Crippen LogP contribution in [-0.2, 0) is 9.53 Å². The van der Waals surface area contributed by atoms with Crippen LogP contribution in [0, 0.1) is 5.92 Å². The number of benzene rings is 1. The highest BCUT2D eigenvalue weighted by Gasteiger charge is 2.30. The molecule has 0 spiro atoms. The second-order valence-corrected chi connectivity index (χ2v) is 6.36. The Bertz CT molecular complexity index is 610. The normalized spacial score (nSPS) is 22.7. The van der Waals surface area contributed by atoms with E-state index < -0.39 is 6.61 Å². The minimum Gasteiger partial charge on any atom is -0.489 e. The average molecular weight is 356 g/mol. The molecule has 2 fully saturated rings. The van der Waals surface area contributed by atoms with E-state index in [-0.39, 0.29) is 23.8 Å². The lowest BCUT2D eigenvalue weighted by molar-refractivity contribution is -0.142. The molecular weight excluding hydrogens is 334 g/mol. The number of esters is 1. The van der Waals surface area contributed by atoms with Gasteiger partial charge in [-0.1, -0.05) is 0 Å². The monoisotopic (exact) mass is 356 g/mol. The molecule has 2 aliphatic rings. The van der Waals surface area contributed by atoms with Gasteiger partial charge in [0.1, 0.15) is 6.04 Å². The van der Waals surface area contributed by atoms with E-state index in [1.54, 1.807) is 12.1 Å². The van der Waals surface area contributed by atoms with Crippen LogP contribution in [0.2, 0.25) is 0 Å². The van der Waals surface area contributed by atoms with Gasteiger partial charge in [0.05, 0.1) is 13.7 Å². The van der Waals surface area contributed by atoms with E-state index in [4.69, 9.17) is 9.47 Å². The van der Waals surface area contributed by atoms with Crippen molar-refractivity contribution in [2.75, 3.05) is 25.6 Å². The van der Waals surface area contributed by atoms with Crippen LogP contribution >= 0.6 is 0 Å². The minimum absolute atomic E-state index is 0.0261. The molecule has 25 heavy (non-hydrogen) atoms. The van der Waals surface area contributed by atoms with Gasteiger partial charge in [0.2, 0.25) is 0 Å². The number of ether oxygens (including phenoxy) is 3. The van der Waals surface area contributed by atoms with E-state index in [1.807, 2.05) is 0 Å². The number of carbonyl (C=O) groups is 1. The van der Waals surface area contributed by atoms with Gasteiger partial charge in [-0.3, -0.25) is 4.79 Å². The van der Waals surface area contributed by atoms with E-state index in [2.05, 4.69) is 15.4 Å². The zero-order valence-corrected chi connectivity index (χ0v) is 14.0. The molecule has 0 aromatic heterocycles. The van der Waals surface area contributed by atoms with Gasteiger partial charge >= 0.3 is 12.6 Å². The van der Waals surface area contributed by atoms with Crippen LogP contribution in [0.3, 0.4) is 0 Å². The van der Waals surface area contributed by atoms with Gasteiger partial charge in [0.15, 0.2) is 11.5 Å². The van der Waals surface area contributed by atoms with Crippen molar-refractivity contribution < 1.29 is 27.8 Å². The Morgan fingerprint density at radius 3 is 2.84 bits per heavy atom. The fourth-order valence-corrected chi connectivity index (χ4v) is 2.80. The molecule has 1 aromatic carbocycles. The summed E-state index contributed by atoms with van der Waals surface area (Å²) in [5.74, 6) is 0.528. The number of rotatable bonds is 8. The van der Waals surface area contributed by atoms with E-state index >= 15 is 0 Å². The summed E-state index contributed by atoms with van der Waals surface area (Å²) in [4.78, 5) is 11.5. The number of anilines is 1. The summed E-state index contributed by atoms with van der Waals surface area (Å²) in [7, 11) is 1.36. The van der Waals surface area contributed by atoms with Gasteiger partial charge in [-0.15, -0.1) is 0 Å². The molecule has 1 aromatic rings. The standard InChI is InChI=1S/C17H22F2N2O4/c1-23-16(22)13-6-12(8-20-13)21-11-4-5-14(25-17(18)19)15(7-11)24-9-10-2-3-10/h4-5,7,10,12-13,17,20-21H,2-3,6,8-9H2,1H3. The molecule has 1 heterocycles. The Balaban J connectivity index is 1.64. The fourth-order valence-electron chi connectivity index (χ4n) is 2.80. The maximum Gasteiger partial charge on any atom is 0.387 e. The Labute approximate surface area is 144 Å². The highest BCUT2D eigenvalue weighted by molar-refractivity contribution is 5.76. The lowest BCUT2D eigenvalue weighted by atomic mass is 10.1. The summed E-state index contributed by atoms with van der Waals surface area (Å²) in [6.07, 6.45) is 2.79. The van der Waals surface area contributed by atoms with E-state index in [0.717, 1.165) is 18.5 Å². The lowest BCUT2D eigenvalue weighted by Gasteiger charge is -2.17. The molecule has 1 aliphatic heterocycles. The first-order valence-electron chi connectivity index (χ1n) is 8.34. The molecule has 1 saturated heterocycles. The number of carbonyl (C=O) groups excluding carboxylic acids is 1. The van der Waals surface area contributed by atoms with Gasteiger partial charge < -0.3 is 24.8 Å². The number of halogens is 2. The highest BCUT2D eigenvalue weighted by Crippen LogP contribution is 2.35. The van der Waals surface area contributed by atoms with Crippen LogP contribution in [0.25, 0.3) is 0 Å². The predicted molar refractivity (Wildman–Crippen MR) is 87.1 cm³/mol. The summed E-state index contributed by atoms with van der Waals surface area (Å²) in [6.45, 7) is -1.80. The summed E-state index contributed by atoms with van der Waals surface area (Å²) in [6, 6.07) is 4.48. The van der Waals surface area contributed by atoms with Gasteiger partial charge in [0, 0.05) is 24.3 Å². The van der Waals surface area contributed by atoms with E-state index in [0.29, 0.717) is 31.2 Å². The van der Waals surface area contributed by atoms with Crippen molar-refractivity contribution in [3.05, 3.63) is 18.2 Å². The third kappa shape index (κ3) is 4.94. The maximum atomic E-state index is 12.5. The van der Waals surface area contributed by atoms with Crippen LogP contribution < -0.4 is 20.1 Å². The van der Waals surface area contributed by atoms with Crippen LogP contribution in [0.1, 0.15) is 19.3 Å². The molecule has 1 saturated carbocycles. The van der Waals surface area contributed by atoms with Crippen molar-refractivity contribution in [1.82, 2.24) is 5.32 Å². The van der Waals surface area contributed by atoms with E-state index in [9.17, 15) is 13.6 Å². The van der Waals surface area contributed by atoms with Crippen LogP contribution in [0.4, 0.5) is 14.5 Å². The number of methoxy groups -OCH3 is 1. The molecule has 8 heteroatoms. The third-order valence-electron chi connectivity index (χ3n) is 4.32.